The fourth-order valence-electron chi connectivity index (χ4n) is 3.71. The Labute approximate surface area is 209 Å². The number of likely N-dealkylation sites (tertiary alicyclic amines) is 1. The molecule has 0 unspecified atom stereocenters. The highest BCUT2D eigenvalue weighted by molar-refractivity contribution is 7.20. The summed E-state index contributed by atoms with van der Waals surface area (Å²) in [5.41, 5.74) is 6.91. The molecule has 3 N–H and O–H groups in total. The largest absolute Gasteiger partial charge is 0.491 e. The number of alkyl halides is 2. The van der Waals surface area contributed by atoms with E-state index in [2.05, 4.69) is 15.3 Å². The van der Waals surface area contributed by atoms with Crippen LogP contribution in [0.5, 0.6) is 5.75 Å². The van der Waals surface area contributed by atoms with Crippen molar-refractivity contribution in [2.24, 2.45) is 0 Å². The highest BCUT2D eigenvalue weighted by Gasteiger charge is 2.33. The van der Waals surface area contributed by atoms with E-state index in [1.165, 1.54) is 11.3 Å². The standard InChI is InChI=1S/C22H23Cl2F2N5O2S/c1-2-28-19(32)17-10-13-18(29-21(27)30-20(13)34-17)12-9-16(15(24)11-14(12)23)33-8-7-31-5-3-22(25,26)4-6-31/h9-11H,2-8H2,1H3,(H,28,32)(H2,27,29,30). The number of halogens is 4. The number of aromatic nitrogens is 2. The zero-order valence-electron chi connectivity index (χ0n) is 18.3. The number of benzene rings is 1. The lowest BCUT2D eigenvalue weighted by Crippen LogP contribution is -2.41. The number of hydrogen-bond donors (Lipinski definition) is 2. The molecule has 7 nitrogen and oxygen atoms in total. The van der Waals surface area contributed by atoms with Crippen LogP contribution in [0.4, 0.5) is 14.7 Å². The Hall–Kier alpha value is -2.27. The van der Waals surface area contributed by atoms with Crippen molar-refractivity contribution in [2.45, 2.75) is 25.7 Å². The van der Waals surface area contributed by atoms with Crippen LogP contribution in [0.2, 0.25) is 10.0 Å². The van der Waals surface area contributed by atoms with E-state index in [0.29, 0.717) is 68.3 Å². The number of nitrogens with two attached hydrogens (primary N) is 1. The number of nitrogen functional groups attached to an aromatic ring is 1. The van der Waals surface area contributed by atoms with Gasteiger partial charge in [0, 0.05) is 50.0 Å². The minimum atomic E-state index is -2.59. The van der Waals surface area contributed by atoms with E-state index >= 15 is 0 Å². The van der Waals surface area contributed by atoms with E-state index in [4.69, 9.17) is 33.7 Å². The van der Waals surface area contributed by atoms with Crippen LogP contribution < -0.4 is 15.8 Å². The maximum atomic E-state index is 13.4. The highest BCUT2D eigenvalue weighted by atomic mass is 35.5. The maximum absolute atomic E-state index is 13.4. The number of amides is 1. The molecule has 4 rings (SSSR count). The summed E-state index contributed by atoms with van der Waals surface area (Å²) in [7, 11) is 0. The van der Waals surface area contributed by atoms with Crippen LogP contribution in [0.1, 0.15) is 29.4 Å². The molecule has 0 spiro atoms. The molecule has 1 saturated heterocycles. The molecule has 182 valence electrons. The molecule has 12 heteroatoms. The first-order valence-electron chi connectivity index (χ1n) is 10.7. The predicted molar refractivity (Wildman–Crippen MR) is 131 cm³/mol. The molecule has 1 aromatic carbocycles. The first kappa shape index (κ1) is 24.8. The molecule has 0 radical (unpaired) electrons. The molecule has 0 saturated carbocycles. The molecular formula is C22H23Cl2F2N5O2S. The number of anilines is 1. The third-order valence-electron chi connectivity index (χ3n) is 5.50. The van der Waals surface area contributed by atoms with E-state index in [0.717, 1.165) is 0 Å². The molecule has 3 heterocycles. The lowest BCUT2D eigenvalue weighted by Gasteiger charge is -2.31. The molecule has 1 aliphatic heterocycles. The van der Waals surface area contributed by atoms with Gasteiger partial charge in [-0.3, -0.25) is 9.69 Å². The van der Waals surface area contributed by atoms with Crippen molar-refractivity contribution < 1.29 is 18.3 Å². The number of carbonyl (C=O) groups is 1. The van der Waals surface area contributed by atoms with Gasteiger partial charge in [0.25, 0.3) is 11.8 Å². The molecule has 1 amide bonds. The normalized spacial score (nSPS) is 16.0. The molecule has 3 aromatic rings. The number of fused-ring (bicyclic) bond motifs is 1. The zero-order chi connectivity index (χ0) is 24.5. The average Bonchev–Trinajstić information content (AvgIpc) is 3.20. The molecule has 0 bridgehead atoms. The van der Waals surface area contributed by atoms with Crippen LogP contribution in [-0.4, -0.2) is 59.5 Å². The smallest absolute Gasteiger partial charge is 0.261 e. The van der Waals surface area contributed by atoms with Gasteiger partial charge in [0.15, 0.2) is 0 Å². The van der Waals surface area contributed by atoms with Crippen LogP contribution in [0.3, 0.4) is 0 Å². The quantitative estimate of drug-likeness (QED) is 0.441. The van der Waals surface area contributed by atoms with Gasteiger partial charge < -0.3 is 15.8 Å². The third-order valence-corrected chi connectivity index (χ3v) is 7.14. The maximum Gasteiger partial charge on any atom is 0.261 e. The molecular weight excluding hydrogens is 507 g/mol. The van der Waals surface area contributed by atoms with Crippen molar-refractivity contribution in [2.75, 3.05) is 38.5 Å². The van der Waals surface area contributed by atoms with Gasteiger partial charge in [-0.15, -0.1) is 11.3 Å². The van der Waals surface area contributed by atoms with Crippen LogP contribution in [-0.2, 0) is 0 Å². The number of nitrogens with zero attached hydrogens (tertiary/aromatic N) is 3. The number of piperidine rings is 1. The van der Waals surface area contributed by atoms with Crippen LogP contribution in [0.15, 0.2) is 18.2 Å². The summed E-state index contributed by atoms with van der Waals surface area (Å²) >= 11 is 14.0. The Kier molecular flexibility index (Phi) is 7.42. The van der Waals surface area contributed by atoms with Crippen molar-refractivity contribution in [1.29, 1.82) is 0 Å². The summed E-state index contributed by atoms with van der Waals surface area (Å²) in [6.07, 6.45) is -0.300. The van der Waals surface area contributed by atoms with Gasteiger partial charge >= 0.3 is 0 Å². The lowest BCUT2D eigenvalue weighted by molar-refractivity contribution is -0.0564. The fraction of sp³-hybridized carbons (Fsp3) is 0.409. The van der Waals surface area contributed by atoms with Crippen LogP contribution in [0.25, 0.3) is 21.5 Å². The molecule has 0 aliphatic carbocycles. The van der Waals surface area contributed by atoms with Crippen molar-refractivity contribution >= 4 is 56.6 Å². The SMILES string of the molecule is CCNC(=O)c1cc2c(-c3cc(OCCN4CCC(F)(F)CC4)c(Cl)cc3Cl)nc(N)nc2s1. The molecule has 34 heavy (non-hydrogen) atoms. The van der Waals surface area contributed by atoms with E-state index in [9.17, 15) is 13.6 Å². The Morgan fingerprint density at radius 1 is 1.24 bits per heavy atom. The van der Waals surface area contributed by atoms with Gasteiger partial charge in [0.2, 0.25) is 5.95 Å². The molecule has 1 aliphatic rings. The number of rotatable bonds is 7. The van der Waals surface area contributed by atoms with E-state index in [1.54, 1.807) is 18.2 Å². The summed E-state index contributed by atoms with van der Waals surface area (Å²) in [5.74, 6) is -2.37. The summed E-state index contributed by atoms with van der Waals surface area (Å²) < 4.78 is 32.6. The Bertz CT molecular complexity index is 1210. The second-order valence-corrected chi connectivity index (χ2v) is 9.77. The Balaban J connectivity index is 1.58. The monoisotopic (exact) mass is 529 g/mol. The van der Waals surface area contributed by atoms with Gasteiger partial charge in [-0.1, -0.05) is 23.2 Å². The van der Waals surface area contributed by atoms with Crippen LogP contribution >= 0.6 is 34.5 Å². The third kappa shape index (κ3) is 5.51. The van der Waals surface area contributed by atoms with Gasteiger partial charge in [-0.25, -0.2) is 18.7 Å². The number of hydrogen-bond acceptors (Lipinski definition) is 7. The summed E-state index contributed by atoms with van der Waals surface area (Å²) in [6, 6.07) is 4.92. The number of thiophene rings is 1. The van der Waals surface area contributed by atoms with E-state index < -0.39 is 5.92 Å². The minimum Gasteiger partial charge on any atom is -0.491 e. The first-order valence-corrected chi connectivity index (χ1v) is 12.3. The molecule has 0 atom stereocenters. The Morgan fingerprint density at radius 2 is 1.97 bits per heavy atom. The minimum absolute atomic E-state index is 0.0437. The molecule has 1 fully saturated rings. The second kappa shape index (κ2) is 10.2. The fourth-order valence-corrected chi connectivity index (χ4v) is 5.19. The number of nitrogens with one attached hydrogen (secondary N) is 1. The number of carbonyl (C=O) groups excluding carboxylic acids is 1. The zero-order valence-corrected chi connectivity index (χ0v) is 20.7. The predicted octanol–water partition coefficient (Wildman–Crippen LogP) is 5.11. The Morgan fingerprint density at radius 3 is 2.68 bits per heavy atom. The van der Waals surface area contributed by atoms with Gasteiger partial charge in [0.1, 0.15) is 17.2 Å². The van der Waals surface area contributed by atoms with Crippen molar-refractivity contribution in [1.82, 2.24) is 20.2 Å². The van der Waals surface area contributed by atoms with E-state index in [-0.39, 0.29) is 31.3 Å². The second-order valence-electron chi connectivity index (χ2n) is 7.93. The lowest BCUT2D eigenvalue weighted by atomic mass is 10.1. The van der Waals surface area contributed by atoms with Gasteiger partial charge in [-0.05, 0) is 25.1 Å². The van der Waals surface area contributed by atoms with Gasteiger partial charge in [-0.2, -0.15) is 0 Å². The average molecular weight is 530 g/mol. The van der Waals surface area contributed by atoms with E-state index in [1.807, 2.05) is 11.8 Å². The highest BCUT2D eigenvalue weighted by Crippen LogP contribution is 2.40. The molecule has 2 aromatic heterocycles. The van der Waals surface area contributed by atoms with Crippen molar-refractivity contribution in [3.63, 3.8) is 0 Å². The summed E-state index contributed by atoms with van der Waals surface area (Å²) in [4.78, 5) is 23.9. The first-order chi connectivity index (χ1) is 16.2. The van der Waals surface area contributed by atoms with Gasteiger partial charge in [0.05, 0.1) is 20.6 Å². The summed E-state index contributed by atoms with van der Waals surface area (Å²) in [6.45, 7) is 3.74. The number of ether oxygens (including phenoxy) is 1. The van der Waals surface area contributed by atoms with Crippen LogP contribution in [0, 0.1) is 0 Å². The summed E-state index contributed by atoms with van der Waals surface area (Å²) in [5, 5.41) is 4.04. The van der Waals surface area contributed by atoms with Crippen molar-refractivity contribution in [3.05, 3.63) is 33.1 Å². The topological polar surface area (TPSA) is 93.4 Å². The van der Waals surface area contributed by atoms with Crippen molar-refractivity contribution in [3.8, 4) is 17.0 Å².